The summed E-state index contributed by atoms with van der Waals surface area (Å²) in [5, 5.41) is 8.44. The van der Waals surface area contributed by atoms with Crippen molar-refractivity contribution < 1.29 is 13.2 Å². The summed E-state index contributed by atoms with van der Waals surface area (Å²) < 4.78 is 26.8. The summed E-state index contributed by atoms with van der Waals surface area (Å²) in [4.78, 5) is 22.8. The van der Waals surface area contributed by atoms with Crippen LogP contribution in [0.15, 0.2) is 53.4 Å². The number of nitrogens with two attached hydrogens (primary N) is 1. The molecule has 164 valence electrons. The molecule has 1 aromatic heterocycles. The Morgan fingerprint density at radius 3 is 2.25 bits per heavy atom. The highest BCUT2D eigenvalue weighted by Gasteiger charge is 2.36. The molecule has 9 heteroatoms. The fourth-order valence-corrected chi connectivity index (χ4v) is 5.31. The normalized spacial score (nSPS) is 15.9. The van der Waals surface area contributed by atoms with Gasteiger partial charge in [-0.25, -0.2) is 18.4 Å². The first-order valence-electron chi connectivity index (χ1n) is 10.3. The Balaban J connectivity index is 1.83. The highest BCUT2D eigenvalue weighted by molar-refractivity contribution is 7.92. The van der Waals surface area contributed by atoms with E-state index in [-0.39, 0.29) is 22.4 Å². The molecule has 0 radical (unpaired) electrons. The molecule has 0 spiro atoms. The Kier molecular flexibility index (Phi) is 5.80. The monoisotopic (exact) mass is 449 g/mol. The number of primary amides is 1. The molecule has 2 heterocycles. The first-order chi connectivity index (χ1) is 15.3. The molecule has 1 aliphatic rings. The number of sulfone groups is 1. The quantitative estimate of drug-likeness (QED) is 0.634. The van der Waals surface area contributed by atoms with E-state index >= 15 is 0 Å². The summed E-state index contributed by atoms with van der Waals surface area (Å²) in [6.07, 6.45) is 1.07. The Morgan fingerprint density at radius 2 is 1.69 bits per heavy atom. The zero-order valence-electron chi connectivity index (χ0n) is 17.6. The molecular formula is C23H23N5O3S. The maximum atomic E-state index is 13.4. The lowest BCUT2D eigenvalue weighted by Gasteiger charge is -2.33. The van der Waals surface area contributed by atoms with Crippen LogP contribution >= 0.6 is 0 Å². The number of rotatable bonds is 5. The third kappa shape index (κ3) is 4.01. The first-order valence-corrected chi connectivity index (χ1v) is 11.9. The van der Waals surface area contributed by atoms with Crippen LogP contribution in [0.2, 0.25) is 0 Å². The Labute approximate surface area is 186 Å². The maximum absolute atomic E-state index is 13.4. The molecule has 32 heavy (non-hydrogen) atoms. The topological polar surface area (TPSA) is 130 Å². The summed E-state index contributed by atoms with van der Waals surface area (Å²) >= 11 is 0. The van der Waals surface area contributed by atoms with Crippen LogP contribution in [0, 0.1) is 24.2 Å². The van der Waals surface area contributed by atoms with Crippen molar-refractivity contribution in [1.29, 1.82) is 5.26 Å². The van der Waals surface area contributed by atoms with Crippen LogP contribution in [-0.2, 0) is 14.6 Å². The van der Waals surface area contributed by atoms with E-state index in [1.165, 1.54) is 12.1 Å². The number of nitriles is 1. The average Bonchev–Trinajstić information content (AvgIpc) is 2.79. The smallest absolute Gasteiger partial charge is 0.220 e. The molecule has 1 aliphatic heterocycles. The Morgan fingerprint density at radius 1 is 1.09 bits per heavy atom. The van der Waals surface area contributed by atoms with Crippen LogP contribution in [-0.4, -0.2) is 37.4 Å². The van der Waals surface area contributed by atoms with Gasteiger partial charge in [0.25, 0.3) is 0 Å². The second-order valence-corrected chi connectivity index (χ2v) is 9.98. The number of benzene rings is 2. The molecule has 2 aromatic carbocycles. The number of hydrogen-bond acceptors (Lipinski definition) is 7. The molecule has 0 saturated carbocycles. The number of aromatic nitrogens is 2. The SMILES string of the molecule is Cc1ccc(S(=O)(=O)C(C#N)c2nc3ccccc3nc2N2CCC(C(N)=O)CC2)cc1. The zero-order chi connectivity index (χ0) is 22.9. The molecular weight excluding hydrogens is 426 g/mol. The second-order valence-electron chi connectivity index (χ2n) is 7.95. The molecule has 0 bridgehead atoms. The lowest BCUT2D eigenvalue weighted by molar-refractivity contribution is -0.122. The number of nitrogens with zero attached hydrogens (tertiary/aromatic N) is 4. The second kappa shape index (κ2) is 8.55. The van der Waals surface area contributed by atoms with E-state index in [0.29, 0.717) is 42.8 Å². The van der Waals surface area contributed by atoms with Crippen molar-refractivity contribution >= 4 is 32.6 Å². The number of piperidine rings is 1. The highest BCUT2D eigenvalue weighted by Crippen LogP contribution is 2.35. The molecule has 2 N–H and O–H groups in total. The largest absolute Gasteiger partial charge is 0.369 e. The number of hydrogen-bond donors (Lipinski definition) is 1. The van der Waals surface area contributed by atoms with Crippen molar-refractivity contribution in [3.63, 3.8) is 0 Å². The minimum Gasteiger partial charge on any atom is -0.369 e. The lowest BCUT2D eigenvalue weighted by atomic mass is 9.96. The van der Waals surface area contributed by atoms with E-state index < -0.39 is 15.1 Å². The van der Waals surface area contributed by atoms with Crippen LogP contribution in [0.5, 0.6) is 0 Å². The van der Waals surface area contributed by atoms with Crippen molar-refractivity contribution in [2.75, 3.05) is 18.0 Å². The van der Waals surface area contributed by atoms with Gasteiger partial charge in [-0.2, -0.15) is 5.26 Å². The number of anilines is 1. The minimum absolute atomic E-state index is 0.0583. The number of aryl methyl sites for hydroxylation is 1. The summed E-state index contributed by atoms with van der Waals surface area (Å²) in [6, 6.07) is 15.5. The van der Waals surface area contributed by atoms with Crippen LogP contribution in [0.3, 0.4) is 0 Å². The van der Waals surface area contributed by atoms with E-state index in [1.54, 1.807) is 30.3 Å². The van der Waals surface area contributed by atoms with Gasteiger partial charge in [0, 0.05) is 19.0 Å². The predicted octanol–water partition coefficient (Wildman–Crippen LogP) is 2.68. The van der Waals surface area contributed by atoms with Crippen molar-refractivity contribution in [2.45, 2.75) is 29.9 Å². The van der Waals surface area contributed by atoms with Crippen molar-refractivity contribution in [3.05, 3.63) is 59.8 Å². The summed E-state index contributed by atoms with van der Waals surface area (Å²) in [5.41, 5.74) is 7.58. The number of carbonyl (C=O) groups excluding carboxylic acids is 1. The molecule has 1 saturated heterocycles. The van der Waals surface area contributed by atoms with Gasteiger partial charge >= 0.3 is 0 Å². The predicted molar refractivity (Wildman–Crippen MR) is 120 cm³/mol. The van der Waals surface area contributed by atoms with E-state index in [9.17, 15) is 18.5 Å². The standard InChI is InChI=1S/C23H23N5O3S/c1-15-6-8-17(9-7-15)32(30,31)20(14-24)21-23(27-19-5-3-2-4-18(19)26-21)28-12-10-16(11-13-28)22(25)29/h2-9,16,20H,10-13H2,1H3,(H2,25,29). The van der Waals surface area contributed by atoms with Crippen LogP contribution in [0.4, 0.5) is 5.82 Å². The van der Waals surface area contributed by atoms with Gasteiger partial charge in [-0.3, -0.25) is 4.79 Å². The van der Waals surface area contributed by atoms with Crippen LogP contribution in [0.25, 0.3) is 11.0 Å². The van der Waals surface area contributed by atoms with Gasteiger partial charge in [-0.1, -0.05) is 29.8 Å². The zero-order valence-corrected chi connectivity index (χ0v) is 18.4. The van der Waals surface area contributed by atoms with E-state index in [2.05, 4.69) is 4.98 Å². The third-order valence-electron chi connectivity index (χ3n) is 5.80. The summed E-state index contributed by atoms with van der Waals surface area (Å²) in [5.74, 6) is -0.216. The molecule has 1 fully saturated rings. The van der Waals surface area contributed by atoms with Crippen molar-refractivity contribution in [1.82, 2.24) is 9.97 Å². The third-order valence-corrected chi connectivity index (χ3v) is 7.68. The average molecular weight is 450 g/mol. The lowest BCUT2D eigenvalue weighted by Crippen LogP contribution is -2.39. The van der Waals surface area contributed by atoms with Gasteiger partial charge in [-0.05, 0) is 44.0 Å². The van der Waals surface area contributed by atoms with E-state index in [1.807, 2.05) is 24.0 Å². The van der Waals surface area contributed by atoms with Crippen LogP contribution in [0.1, 0.15) is 29.3 Å². The highest BCUT2D eigenvalue weighted by atomic mass is 32.2. The molecule has 1 atom stereocenters. The van der Waals surface area contributed by atoms with E-state index in [0.717, 1.165) is 5.56 Å². The first kappa shape index (κ1) is 21.7. The number of carbonyl (C=O) groups is 1. The number of amides is 1. The van der Waals surface area contributed by atoms with Gasteiger partial charge in [0.1, 0.15) is 5.69 Å². The van der Waals surface area contributed by atoms with Crippen molar-refractivity contribution in [3.8, 4) is 6.07 Å². The van der Waals surface area contributed by atoms with Gasteiger partial charge < -0.3 is 10.6 Å². The summed E-state index contributed by atoms with van der Waals surface area (Å²) in [7, 11) is -4.04. The Bertz CT molecular complexity index is 1310. The molecule has 1 unspecified atom stereocenters. The molecule has 4 rings (SSSR count). The fourth-order valence-electron chi connectivity index (χ4n) is 3.93. The number of fused-ring (bicyclic) bond motifs is 1. The molecule has 1 amide bonds. The summed E-state index contributed by atoms with van der Waals surface area (Å²) in [6.45, 7) is 2.80. The van der Waals surface area contributed by atoms with Gasteiger partial charge in [-0.15, -0.1) is 0 Å². The molecule has 0 aliphatic carbocycles. The maximum Gasteiger partial charge on any atom is 0.220 e. The van der Waals surface area contributed by atoms with Gasteiger partial charge in [0.2, 0.25) is 15.7 Å². The minimum atomic E-state index is -4.04. The fraction of sp³-hybridized carbons (Fsp3) is 0.304. The van der Waals surface area contributed by atoms with Gasteiger partial charge in [0.05, 0.1) is 22.0 Å². The molecule has 3 aromatic rings. The van der Waals surface area contributed by atoms with E-state index in [4.69, 9.17) is 10.7 Å². The van der Waals surface area contributed by atoms with Crippen molar-refractivity contribution in [2.24, 2.45) is 11.7 Å². The Hall–Kier alpha value is -3.51. The number of para-hydroxylation sites is 2. The molecule has 8 nitrogen and oxygen atoms in total. The van der Waals surface area contributed by atoms with Crippen LogP contribution < -0.4 is 10.6 Å². The van der Waals surface area contributed by atoms with Gasteiger partial charge in [0.15, 0.2) is 11.1 Å².